The summed E-state index contributed by atoms with van der Waals surface area (Å²) in [5, 5.41) is 3.52. The van der Waals surface area contributed by atoms with Crippen molar-refractivity contribution in [2.24, 2.45) is 5.92 Å². The third-order valence-electron chi connectivity index (χ3n) is 4.64. The molecule has 2 heteroatoms. The predicted octanol–water partition coefficient (Wildman–Crippen LogP) is 3.58. The number of rotatable bonds is 7. The maximum Gasteiger partial charge on any atom is 0.0806 e. The summed E-state index contributed by atoms with van der Waals surface area (Å²) in [6.45, 7) is 7.34. The zero-order valence-electron chi connectivity index (χ0n) is 12.6. The van der Waals surface area contributed by atoms with Gasteiger partial charge in [0.2, 0.25) is 0 Å². The Hall–Kier alpha value is -0.860. The van der Waals surface area contributed by atoms with Crippen LogP contribution in [0.1, 0.15) is 45.1 Å². The van der Waals surface area contributed by atoms with Crippen LogP contribution in [-0.4, -0.2) is 25.3 Å². The molecule has 0 radical (unpaired) electrons. The van der Waals surface area contributed by atoms with Crippen LogP contribution in [0.5, 0.6) is 0 Å². The topological polar surface area (TPSA) is 21.3 Å². The van der Waals surface area contributed by atoms with Crippen LogP contribution in [0.3, 0.4) is 0 Å². The fraction of sp³-hybridized carbons (Fsp3) is 0.647. The maximum absolute atomic E-state index is 6.05. The van der Waals surface area contributed by atoms with Crippen molar-refractivity contribution in [3.8, 4) is 0 Å². The van der Waals surface area contributed by atoms with Crippen molar-refractivity contribution >= 4 is 0 Å². The highest BCUT2D eigenvalue weighted by Crippen LogP contribution is 2.52. The molecule has 0 amide bonds. The van der Waals surface area contributed by atoms with E-state index in [0.717, 1.165) is 13.0 Å². The van der Waals surface area contributed by atoms with E-state index in [2.05, 4.69) is 63.5 Å². The molecule has 0 aromatic heterocycles. The number of hydrogen-bond donors (Lipinski definition) is 1. The Balaban J connectivity index is 2.08. The summed E-state index contributed by atoms with van der Waals surface area (Å²) in [7, 11) is 2.07. The summed E-state index contributed by atoms with van der Waals surface area (Å²) in [6.07, 6.45) is 2.32. The third-order valence-corrected chi connectivity index (χ3v) is 4.64. The van der Waals surface area contributed by atoms with Crippen LogP contribution in [-0.2, 0) is 4.74 Å². The van der Waals surface area contributed by atoms with Crippen molar-refractivity contribution in [2.75, 3.05) is 13.7 Å². The molecule has 1 fully saturated rings. The third kappa shape index (κ3) is 3.01. The van der Waals surface area contributed by atoms with E-state index in [-0.39, 0.29) is 5.60 Å². The summed E-state index contributed by atoms with van der Waals surface area (Å²) in [4.78, 5) is 0. The fourth-order valence-electron chi connectivity index (χ4n) is 3.38. The molecule has 19 heavy (non-hydrogen) atoms. The van der Waals surface area contributed by atoms with E-state index in [4.69, 9.17) is 4.74 Å². The summed E-state index contributed by atoms with van der Waals surface area (Å²) >= 11 is 0. The SMILES string of the molecule is CCOC(C)(CC)C(NC)C1CC1c1ccccc1. The highest BCUT2D eigenvalue weighted by molar-refractivity contribution is 5.27. The van der Waals surface area contributed by atoms with Crippen molar-refractivity contribution < 1.29 is 4.74 Å². The average Bonchev–Trinajstić information content (AvgIpc) is 3.21. The van der Waals surface area contributed by atoms with Crippen LogP contribution in [0, 0.1) is 5.92 Å². The van der Waals surface area contributed by atoms with Crippen molar-refractivity contribution in [3.63, 3.8) is 0 Å². The van der Waals surface area contributed by atoms with E-state index in [1.807, 2.05) is 0 Å². The molecule has 0 aliphatic heterocycles. The Morgan fingerprint density at radius 2 is 2.00 bits per heavy atom. The molecule has 1 N–H and O–H groups in total. The number of ether oxygens (including phenoxy) is 1. The van der Waals surface area contributed by atoms with E-state index in [1.165, 1.54) is 12.0 Å². The molecule has 106 valence electrons. The highest BCUT2D eigenvalue weighted by Gasteiger charge is 2.50. The summed E-state index contributed by atoms with van der Waals surface area (Å²) < 4.78 is 6.05. The number of hydrogen-bond acceptors (Lipinski definition) is 2. The lowest BCUT2D eigenvalue weighted by molar-refractivity contribution is -0.0591. The second-order valence-corrected chi connectivity index (χ2v) is 5.78. The number of likely N-dealkylation sites (N-methyl/N-ethyl adjacent to an activating group) is 1. The largest absolute Gasteiger partial charge is 0.374 e. The standard InChI is InChI=1S/C17H27NO/c1-5-17(3,19-6-2)16(18-4)15-12-14(15)13-10-8-7-9-11-13/h7-11,14-16,18H,5-6,12H2,1-4H3. The molecule has 4 unspecified atom stereocenters. The van der Waals surface area contributed by atoms with Gasteiger partial charge in [-0.05, 0) is 51.1 Å². The van der Waals surface area contributed by atoms with Gasteiger partial charge in [0, 0.05) is 12.6 Å². The Bertz CT molecular complexity index is 392. The van der Waals surface area contributed by atoms with Gasteiger partial charge < -0.3 is 10.1 Å². The van der Waals surface area contributed by atoms with E-state index in [1.54, 1.807) is 0 Å². The zero-order valence-corrected chi connectivity index (χ0v) is 12.6. The molecule has 1 aliphatic rings. The van der Waals surface area contributed by atoms with Crippen LogP contribution >= 0.6 is 0 Å². The van der Waals surface area contributed by atoms with Gasteiger partial charge in [-0.15, -0.1) is 0 Å². The molecule has 1 aliphatic carbocycles. The highest BCUT2D eigenvalue weighted by atomic mass is 16.5. The van der Waals surface area contributed by atoms with E-state index in [0.29, 0.717) is 17.9 Å². The van der Waals surface area contributed by atoms with Gasteiger partial charge >= 0.3 is 0 Å². The van der Waals surface area contributed by atoms with Crippen molar-refractivity contribution in [1.82, 2.24) is 5.32 Å². The van der Waals surface area contributed by atoms with Crippen LogP contribution in [0.4, 0.5) is 0 Å². The second kappa shape index (κ2) is 6.06. The van der Waals surface area contributed by atoms with E-state index < -0.39 is 0 Å². The normalized spacial score (nSPS) is 26.7. The summed E-state index contributed by atoms with van der Waals surface area (Å²) in [5.41, 5.74) is 1.42. The Labute approximate surface area is 117 Å². The monoisotopic (exact) mass is 261 g/mol. The van der Waals surface area contributed by atoms with Gasteiger partial charge in [0.05, 0.1) is 5.60 Å². The number of nitrogens with one attached hydrogen (secondary N) is 1. The van der Waals surface area contributed by atoms with Gasteiger partial charge in [0.15, 0.2) is 0 Å². The Kier molecular flexibility index (Phi) is 4.64. The molecular weight excluding hydrogens is 234 g/mol. The Morgan fingerprint density at radius 3 is 2.53 bits per heavy atom. The maximum atomic E-state index is 6.05. The molecule has 2 nitrogen and oxygen atoms in total. The molecule has 0 heterocycles. The first-order valence-corrected chi connectivity index (χ1v) is 7.52. The summed E-state index contributed by atoms with van der Waals surface area (Å²) in [6, 6.07) is 11.3. The molecular formula is C17H27NO. The fourth-order valence-corrected chi connectivity index (χ4v) is 3.38. The molecule has 0 saturated heterocycles. The lowest BCUT2D eigenvalue weighted by Crippen LogP contribution is -2.50. The minimum absolute atomic E-state index is 0.0578. The van der Waals surface area contributed by atoms with Gasteiger partial charge in [-0.2, -0.15) is 0 Å². The average molecular weight is 261 g/mol. The lowest BCUT2D eigenvalue weighted by Gasteiger charge is -2.37. The first-order valence-electron chi connectivity index (χ1n) is 7.52. The van der Waals surface area contributed by atoms with Crippen molar-refractivity contribution in [3.05, 3.63) is 35.9 Å². The van der Waals surface area contributed by atoms with E-state index >= 15 is 0 Å². The zero-order chi connectivity index (χ0) is 13.9. The molecule has 2 rings (SSSR count). The second-order valence-electron chi connectivity index (χ2n) is 5.78. The van der Waals surface area contributed by atoms with Crippen molar-refractivity contribution in [1.29, 1.82) is 0 Å². The van der Waals surface area contributed by atoms with Crippen LogP contribution in [0.25, 0.3) is 0 Å². The molecule has 0 spiro atoms. The van der Waals surface area contributed by atoms with Gasteiger partial charge in [-0.3, -0.25) is 0 Å². The minimum atomic E-state index is -0.0578. The van der Waals surface area contributed by atoms with Gasteiger partial charge in [0.1, 0.15) is 0 Å². The van der Waals surface area contributed by atoms with Gasteiger partial charge in [-0.25, -0.2) is 0 Å². The molecule has 1 aromatic carbocycles. The van der Waals surface area contributed by atoms with Crippen LogP contribution in [0.15, 0.2) is 30.3 Å². The quantitative estimate of drug-likeness (QED) is 0.810. The predicted molar refractivity (Wildman–Crippen MR) is 80.5 cm³/mol. The van der Waals surface area contributed by atoms with Crippen LogP contribution in [0.2, 0.25) is 0 Å². The molecule has 4 atom stereocenters. The lowest BCUT2D eigenvalue weighted by atomic mass is 9.88. The Morgan fingerprint density at radius 1 is 1.32 bits per heavy atom. The van der Waals surface area contributed by atoms with Gasteiger partial charge in [0.25, 0.3) is 0 Å². The van der Waals surface area contributed by atoms with Crippen molar-refractivity contribution in [2.45, 2.75) is 51.2 Å². The minimum Gasteiger partial charge on any atom is -0.374 e. The number of benzene rings is 1. The molecule has 1 saturated carbocycles. The smallest absolute Gasteiger partial charge is 0.0806 e. The van der Waals surface area contributed by atoms with Crippen LogP contribution < -0.4 is 5.32 Å². The van der Waals surface area contributed by atoms with Gasteiger partial charge in [-0.1, -0.05) is 37.3 Å². The first kappa shape index (κ1) is 14.5. The molecule has 0 bridgehead atoms. The van der Waals surface area contributed by atoms with E-state index in [9.17, 15) is 0 Å². The molecule has 1 aromatic rings. The first-order chi connectivity index (χ1) is 9.16. The summed E-state index contributed by atoms with van der Waals surface area (Å²) in [5.74, 6) is 1.40.